The molecule has 14 aromatic rings. The summed E-state index contributed by atoms with van der Waals surface area (Å²) in [7, 11) is 0. The highest BCUT2D eigenvalue weighted by molar-refractivity contribution is 6.18. The van der Waals surface area contributed by atoms with E-state index in [1.807, 2.05) is 0 Å². The van der Waals surface area contributed by atoms with Gasteiger partial charge in [-0.05, 0) is 64.7 Å². The highest BCUT2D eigenvalue weighted by Gasteiger charge is 2.40. The second-order valence-electron chi connectivity index (χ2n) is 19.4. The Kier molecular flexibility index (Phi) is 7.88. The number of nitriles is 1. The fourth-order valence-electron chi connectivity index (χ4n) is 12.8. The van der Waals surface area contributed by atoms with Crippen LogP contribution in [0.15, 0.2) is 206 Å². The van der Waals surface area contributed by atoms with Crippen LogP contribution in [0.1, 0.15) is 30.5 Å². The van der Waals surface area contributed by atoms with Crippen LogP contribution in [0.3, 0.4) is 0 Å². The lowest BCUT2D eigenvalue weighted by molar-refractivity contribution is 0.664. The van der Waals surface area contributed by atoms with Gasteiger partial charge in [0.1, 0.15) is 6.07 Å². The number of hydrogen-bond acceptors (Lipinski definition) is 1. The minimum atomic E-state index is -0.420. The number of nitrogens with zero attached hydrogens (tertiary/aromatic N) is 6. The van der Waals surface area contributed by atoms with Gasteiger partial charge in [0, 0.05) is 48.5 Å². The van der Waals surface area contributed by atoms with Gasteiger partial charge in [-0.3, -0.25) is 0 Å². The molecule has 0 unspecified atom stereocenters. The highest BCUT2D eigenvalue weighted by atomic mass is 15.1. The Labute approximate surface area is 408 Å². The number of rotatable bonds is 4. The van der Waals surface area contributed by atoms with Gasteiger partial charge in [0.2, 0.25) is 5.69 Å². The van der Waals surface area contributed by atoms with Crippen molar-refractivity contribution in [2.45, 2.75) is 19.3 Å². The molecular weight excluding hydrogens is 865 g/mol. The first kappa shape index (κ1) is 39.4. The standard InChI is InChI=1S/C65H40N6/c1-65(2)50-28-12-4-20-39(50)47-36-37-48-46-27-11-19-35-57(46)71(60(48)58(47)65)61-49(38-66)62(68-51-29-13-5-21-40(51)41-22-6-14-30-52(41)68)64(70-55-33-17-9-25-44(55)45-26-10-18-34-56(45)70)63(59(61)67-3)69-53-31-15-7-23-42(53)43-24-8-16-32-54(43)69/h4-37H,1-2H3. The number of benzene rings is 10. The third-order valence-electron chi connectivity index (χ3n) is 15.6. The first-order chi connectivity index (χ1) is 35.0. The van der Waals surface area contributed by atoms with E-state index in [2.05, 4.69) is 244 Å². The molecule has 1 aliphatic carbocycles. The largest absolute Gasteiger partial charge is 0.317 e. The van der Waals surface area contributed by atoms with Crippen LogP contribution in [0.5, 0.6) is 0 Å². The van der Waals surface area contributed by atoms with Gasteiger partial charge < -0.3 is 18.3 Å². The van der Waals surface area contributed by atoms with Crippen LogP contribution in [0.2, 0.25) is 0 Å². The third-order valence-corrected chi connectivity index (χ3v) is 15.6. The van der Waals surface area contributed by atoms with Gasteiger partial charge in [-0.2, -0.15) is 5.26 Å². The fraction of sp³-hybridized carbons (Fsp3) is 0.0462. The third kappa shape index (κ3) is 4.98. The van der Waals surface area contributed by atoms with E-state index in [1.54, 1.807) is 0 Å². The lowest BCUT2D eigenvalue weighted by atomic mass is 9.81. The lowest BCUT2D eigenvalue weighted by Crippen LogP contribution is -2.18. The smallest absolute Gasteiger partial charge is 0.237 e. The predicted molar refractivity (Wildman–Crippen MR) is 292 cm³/mol. The quantitative estimate of drug-likeness (QED) is 0.162. The fourth-order valence-corrected chi connectivity index (χ4v) is 12.8. The lowest BCUT2D eigenvalue weighted by Gasteiger charge is -2.28. The second-order valence-corrected chi connectivity index (χ2v) is 19.4. The molecular formula is C65H40N6. The summed E-state index contributed by atoms with van der Waals surface area (Å²) in [4.78, 5) is 4.80. The Morgan fingerprint density at radius 3 is 1.18 bits per heavy atom. The molecule has 4 aromatic heterocycles. The summed E-state index contributed by atoms with van der Waals surface area (Å²) in [5.41, 5.74) is 15.5. The zero-order chi connectivity index (χ0) is 47.3. The molecule has 0 aliphatic heterocycles. The summed E-state index contributed by atoms with van der Waals surface area (Å²) in [6.07, 6.45) is 0. The van der Waals surface area contributed by atoms with Gasteiger partial charge in [0.15, 0.2) is 0 Å². The molecule has 71 heavy (non-hydrogen) atoms. The first-order valence-corrected chi connectivity index (χ1v) is 24.1. The van der Waals surface area contributed by atoms with Crippen molar-refractivity contribution in [3.05, 3.63) is 234 Å². The Balaban J connectivity index is 1.28. The Hall–Kier alpha value is -9.62. The molecule has 15 rings (SSSR count). The zero-order valence-electron chi connectivity index (χ0n) is 38.8. The molecule has 6 nitrogen and oxygen atoms in total. The molecule has 4 heterocycles. The molecule has 0 saturated carbocycles. The molecule has 6 heteroatoms. The van der Waals surface area contributed by atoms with Crippen molar-refractivity contribution in [1.82, 2.24) is 18.3 Å². The first-order valence-electron chi connectivity index (χ1n) is 24.1. The van der Waals surface area contributed by atoms with E-state index in [1.165, 1.54) is 16.7 Å². The van der Waals surface area contributed by atoms with Crippen molar-refractivity contribution in [2.75, 3.05) is 0 Å². The zero-order valence-corrected chi connectivity index (χ0v) is 38.8. The van der Waals surface area contributed by atoms with Crippen LogP contribution >= 0.6 is 0 Å². The van der Waals surface area contributed by atoms with Crippen LogP contribution in [-0.2, 0) is 5.41 Å². The highest BCUT2D eigenvalue weighted by Crippen LogP contribution is 2.56. The molecule has 0 saturated heterocycles. The van der Waals surface area contributed by atoms with Crippen molar-refractivity contribution < 1.29 is 0 Å². The monoisotopic (exact) mass is 904 g/mol. The van der Waals surface area contributed by atoms with E-state index in [-0.39, 0.29) is 0 Å². The van der Waals surface area contributed by atoms with Crippen LogP contribution < -0.4 is 0 Å². The molecule has 0 spiro atoms. The molecule has 0 N–H and O–H groups in total. The van der Waals surface area contributed by atoms with Crippen molar-refractivity contribution in [3.8, 4) is 39.9 Å². The molecule has 1 aliphatic rings. The summed E-state index contributed by atoms with van der Waals surface area (Å²) in [5.74, 6) is 0. The summed E-state index contributed by atoms with van der Waals surface area (Å²) in [5, 5.41) is 21.1. The van der Waals surface area contributed by atoms with Crippen LogP contribution in [-0.4, -0.2) is 18.3 Å². The summed E-state index contributed by atoms with van der Waals surface area (Å²) in [6.45, 7) is 14.4. The van der Waals surface area contributed by atoms with Gasteiger partial charge in [-0.15, -0.1) is 0 Å². The van der Waals surface area contributed by atoms with Crippen molar-refractivity contribution in [2.24, 2.45) is 0 Å². The van der Waals surface area contributed by atoms with Crippen LogP contribution in [0.4, 0.5) is 5.69 Å². The van der Waals surface area contributed by atoms with Crippen molar-refractivity contribution in [1.29, 1.82) is 5.26 Å². The SMILES string of the molecule is [C-]#[N+]c1c(-n2c3ccccc3c3ccccc32)c(-n2c3ccccc3c3ccccc32)c(-n2c3ccccc3c3ccccc32)c(C#N)c1-n1c2ccccc2c2ccc3c(c21)C(C)(C)c1ccccc1-3. The van der Waals surface area contributed by atoms with Crippen LogP contribution in [0.25, 0.3) is 126 Å². The number of fused-ring (bicyclic) bond motifs is 16. The maximum Gasteiger partial charge on any atom is 0.237 e. The summed E-state index contributed by atoms with van der Waals surface area (Å²) >= 11 is 0. The Morgan fingerprint density at radius 1 is 0.380 bits per heavy atom. The number of para-hydroxylation sites is 7. The molecule has 0 radical (unpaired) electrons. The average Bonchev–Trinajstić information content (AvgIpc) is 4.19. The molecule has 0 amide bonds. The maximum atomic E-state index is 12.6. The van der Waals surface area contributed by atoms with E-state index in [4.69, 9.17) is 4.85 Å². The number of hydrogen-bond donors (Lipinski definition) is 0. The van der Waals surface area contributed by atoms with E-state index in [0.717, 1.165) is 98.5 Å². The predicted octanol–water partition coefficient (Wildman–Crippen LogP) is 16.8. The normalized spacial score (nSPS) is 13.0. The minimum absolute atomic E-state index is 0.378. The van der Waals surface area contributed by atoms with Gasteiger partial charge in [-0.1, -0.05) is 178 Å². The van der Waals surface area contributed by atoms with E-state index in [0.29, 0.717) is 28.3 Å². The van der Waals surface area contributed by atoms with Gasteiger partial charge in [-0.25, -0.2) is 4.85 Å². The van der Waals surface area contributed by atoms with Crippen molar-refractivity contribution in [3.63, 3.8) is 0 Å². The second kappa shape index (κ2) is 14.2. The van der Waals surface area contributed by atoms with Crippen LogP contribution in [0, 0.1) is 17.9 Å². The van der Waals surface area contributed by atoms with Gasteiger partial charge in [0.05, 0.1) is 79.0 Å². The topological polar surface area (TPSA) is 47.9 Å². The minimum Gasteiger partial charge on any atom is -0.317 e. The molecule has 10 aromatic carbocycles. The van der Waals surface area contributed by atoms with Gasteiger partial charge in [0.25, 0.3) is 0 Å². The average molecular weight is 905 g/mol. The maximum absolute atomic E-state index is 12.6. The summed E-state index contributed by atoms with van der Waals surface area (Å²) in [6, 6.07) is 75.9. The molecule has 330 valence electrons. The summed E-state index contributed by atoms with van der Waals surface area (Å²) < 4.78 is 9.27. The molecule has 0 atom stereocenters. The van der Waals surface area contributed by atoms with Crippen molar-refractivity contribution >= 4 is 92.9 Å². The molecule has 0 bridgehead atoms. The van der Waals surface area contributed by atoms with Gasteiger partial charge >= 0.3 is 0 Å². The number of aromatic nitrogens is 4. The Morgan fingerprint density at radius 2 is 0.746 bits per heavy atom. The Bertz CT molecular complexity index is 4450. The van der Waals surface area contributed by atoms with E-state index >= 15 is 0 Å². The van der Waals surface area contributed by atoms with E-state index in [9.17, 15) is 11.8 Å². The van der Waals surface area contributed by atoms with E-state index < -0.39 is 5.41 Å². The molecule has 0 fully saturated rings.